The van der Waals surface area contributed by atoms with Gasteiger partial charge in [-0.1, -0.05) is 12.1 Å². The molecule has 0 N–H and O–H groups in total. The summed E-state index contributed by atoms with van der Waals surface area (Å²) < 4.78 is 7.25. The van der Waals surface area contributed by atoms with E-state index in [1.54, 1.807) is 13.2 Å². The van der Waals surface area contributed by atoms with Crippen LogP contribution < -0.4 is 0 Å². The second-order valence-corrected chi connectivity index (χ2v) is 6.14. The molecule has 4 heterocycles. The van der Waals surface area contributed by atoms with Crippen molar-refractivity contribution in [2.24, 2.45) is 5.92 Å². The minimum absolute atomic E-state index is 0.114. The van der Waals surface area contributed by atoms with Gasteiger partial charge in [0.1, 0.15) is 12.0 Å². The number of nitrogens with zero attached hydrogens (tertiary/aromatic N) is 4. The zero-order valence-electron chi connectivity index (χ0n) is 12.3. The first-order chi connectivity index (χ1) is 10.1. The van der Waals surface area contributed by atoms with E-state index in [0.29, 0.717) is 12.5 Å². The van der Waals surface area contributed by atoms with Crippen LogP contribution >= 0.6 is 0 Å². The molecule has 0 aromatic carbocycles. The van der Waals surface area contributed by atoms with Crippen LogP contribution in [0.5, 0.6) is 0 Å². The Bertz CT molecular complexity index is 715. The van der Waals surface area contributed by atoms with Crippen LogP contribution in [0.25, 0.3) is 11.4 Å². The zero-order chi connectivity index (χ0) is 14.6. The molecule has 0 saturated heterocycles. The van der Waals surface area contributed by atoms with Gasteiger partial charge in [0, 0.05) is 44.1 Å². The van der Waals surface area contributed by atoms with E-state index in [-0.39, 0.29) is 5.91 Å². The molecule has 110 valence electrons. The molecule has 4 rings (SSSR count). The maximum Gasteiger partial charge on any atom is 0.219 e. The fraction of sp³-hybridized carbons (Fsp3) is 0.533. The van der Waals surface area contributed by atoms with Crippen molar-refractivity contribution in [3.63, 3.8) is 0 Å². The highest BCUT2D eigenvalue weighted by molar-refractivity contribution is 5.74. The Hall–Kier alpha value is -2.11. The second kappa shape index (κ2) is 4.44. The monoisotopic (exact) mass is 286 g/mol. The molecule has 0 aliphatic carbocycles. The third-order valence-corrected chi connectivity index (χ3v) is 4.47. The number of rotatable bonds is 0. The van der Waals surface area contributed by atoms with Gasteiger partial charge in [0.15, 0.2) is 0 Å². The lowest BCUT2D eigenvalue weighted by atomic mass is 10.00. The fourth-order valence-electron chi connectivity index (χ4n) is 3.42. The Morgan fingerprint density at radius 3 is 3.14 bits per heavy atom. The first-order valence-corrected chi connectivity index (χ1v) is 7.41. The molecule has 0 saturated carbocycles. The number of hydrogen-bond acceptors (Lipinski definition) is 4. The van der Waals surface area contributed by atoms with Crippen LogP contribution in [-0.2, 0) is 30.7 Å². The molecule has 2 aromatic heterocycles. The summed E-state index contributed by atoms with van der Waals surface area (Å²) in [6.07, 6.45) is 3.51. The number of amides is 1. The van der Waals surface area contributed by atoms with Crippen molar-refractivity contribution >= 4 is 5.91 Å². The maximum atomic E-state index is 11.7. The summed E-state index contributed by atoms with van der Waals surface area (Å²) in [4.78, 5) is 13.6. The minimum atomic E-state index is 0.114. The molecule has 1 amide bonds. The second-order valence-electron chi connectivity index (χ2n) is 6.14. The van der Waals surface area contributed by atoms with Gasteiger partial charge in [-0.2, -0.15) is 5.10 Å². The number of hydrogen-bond donors (Lipinski definition) is 0. The minimum Gasteiger partial charge on any atom is -0.364 e. The predicted octanol–water partition coefficient (Wildman–Crippen LogP) is 1.63. The molecule has 21 heavy (non-hydrogen) atoms. The van der Waals surface area contributed by atoms with Gasteiger partial charge in [-0.3, -0.25) is 9.48 Å². The van der Waals surface area contributed by atoms with Gasteiger partial charge in [-0.15, -0.1) is 0 Å². The predicted molar refractivity (Wildman–Crippen MR) is 75.4 cm³/mol. The van der Waals surface area contributed by atoms with Crippen LogP contribution in [0.3, 0.4) is 0 Å². The van der Waals surface area contributed by atoms with E-state index in [0.717, 1.165) is 54.1 Å². The van der Waals surface area contributed by atoms with Crippen LogP contribution in [-0.4, -0.2) is 32.3 Å². The van der Waals surface area contributed by atoms with Crippen LogP contribution in [0.1, 0.15) is 30.7 Å². The van der Waals surface area contributed by atoms with E-state index in [9.17, 15) is 4.79 Å². The van der Waals surface area contributed by atoms with Crippen LogP contribution in [0.4, 0.5) is 0 Å². The zero-order valence-corrected chi connectivity index (χ0v) is 12.3. The lowest BCUT2D eigenvalue weighted by Crippen LogP contribution is -2.34. The lowest BCUT2D eigenvalue weighted by Gasteiger charge is -2.25. The molecule has 1 unspecified atom stereocenters. The van der Waals surface area contributed by atoms with Gasteiger partial charge in [-0.05, 0) is 12.3 Å². The quantitative estimate of drug-likeness (QED) is 0.738. The van der Waals surface area contributed by atoms with E-state index < -0.39 is 0 Å². The Morgan fingerprint density at radius 2 is 2.33 bits per heavy atom. The molecular formula is C15H18N4O2. The Balaban J connectivity index is 1.87. The highest BCUT2D eigenvalue weighted by Crippen LogP contribution is 2.35. The smallest absolute Gasteiger partial charge is 0.219 e. The van der Waals surface area contributed by atoms with Crippen molar-refractivity contribution < 1.29 is 9.32 Å². The Kier molecular flexibility index (Phi) is 2.67. The first-order valence-electron chi connectivity index (χ1n) is 7.41. The number of carbonyl (C=O) groups excluding carboxylic acids is 1. The van der Waals surface area contributed by atoms with Gasteiger partial charge in [0.05, 0.1) is 11.4 Å². The molecule has 0 spiro atoms. The van der Waals surface area contributed by atoms with E-state index in [2.05, 4.69) is 16.8 Å². The molecule has 2 aromatic rings. The molecule has 0 bridgehead atoms. The van der Waals surface area contributed by atoms with Gasteiger partial charge in [-0.25, -0.2) is 0 Å². The summed E-state index contributed by atoms with van der Waals surface area (Å²) in [6, 6.07) is 0. The Labute approximate surface area is 122 Å². The maximum absolute atomic E-state index is 11.7. The highest BCUT2D eigenvalue weighted by atomic mass is 16.5. The van der Waals surface area contributed by atoms with Crippen molar-refractivity contribution in [2.75, 3.05) is 6.54 Å². The Morgan fingerprint density at radius 1 is 1.48 bits per heavy atom. The standard InChI is InChI=1S/C15H18N4O2/c1-9-5-11-8-21-17-14(11)15-12-7-18(10(2)20)4-3-13(12)16-19(15)6-9/h8-9H,3-7H2,1-2H3. The summed E-state index contributed by atoms with van der Waals surface area (Å²) in [5, 5.41) is 8.97. The van der Waals surface area contributed by atoms with Crippen LogP contribution in [0, 0.1) is 5.92 Å². The van der Waals surface area contributed by atoms with Crippen molar-refractivity contribution in [1.29, 1.82) is 0 Å². The molecular weight excluding hydrogens is 268 g/mol. The average molecular weight is 286 g/mol. The summed E-state index contributed by atoms with van der Waals surface area (Å²) in [7, 11) is 0. The third kappa shape index (κ3) is 1.89. The third-order valence-electron chi connectivity index (χ3n) is 4.47. The average Bonchev–Trinajstić information content (AvgIpc) is 2.98. The molecule has 6 nitrogen and oxygen atoms in total. The van der Waals surface area contributed by atoms with E-state index in [4.69, 9.17) is 9.62 Å². The van der Waals surface area contributed by atoms with Crippen LogP contribution in [0.15, 0.2) is 10.8 Å². The number of aromatic nitrogens is 3. The van der Waals surface area contributed by atoms with Crippen molar-refractivity contribution in [3.05, 3.63) is 23.1 Å². The molecule has 2 aliphatic rings. The lowest BCUT2D eigenvalue weighted by molar-refractivity contribution is -0.129. The summed E-state index contributed by atoms with van der Waals surface area (Å²) in [6.45, 7) is 6.10. The van der Waals surface area contributed by atoms with E-state index in [1.807, 2.05) is 4.90 Å². The molecule has 0 radical (unpaired) electrons. The van der Waals surface area contributed by atoms with Gasteiger partial charge in [0.2, 0.25) is 5.91 Å². The molecule has 6 heteroatoms. The van der Waals surface area contributed by atoms with Gasteiger partial charge in [0.25, 0.3) is 0 Å². The van der Waals surface area contributed by atoms with Gasteiger partial charge < -0.3 is 9.42 Å². The summed E-state index contributed by atoms with van der Waals surface area (Å²) in [5.41, 5.74) is 5.33. The molecule has 2 aliphatic heterocycles. The summed E-state index contributed by atoms with van der Waals surface area (Å²) in [5.74, 6) is 0.609. The number of fused-ring (bicyclic) bond motifs is 5. The van der Waals surface area contributed by atoms with Crippen LogP contribution in [0.2, 0.25) is 0 Å². The molecule has 0 fully saturated rings. The van der Waals surface area contributed by atoms with Crippen molar-refractivity contribution in [2.45, 2.75) is 39.8 Å². The van der Waals surface area contributed by atoms with E-state index in [1.165, 1.54) is 0 Å². The van der Waals surface area contributed by atoms with Crippen molar-refractivity contribution in [3.8, 4) is 11.4 Å². The first kappa shape index (κ1) is 12.6. The highest BCUT2D eigenvalue weighted by Gasteiger charge is 2.31. The largest absolute Gasteiger partial charge is 0.364 e. The SMILES string of the molecule is CC(=O)N1CCc2nn3c(c2C1)-c1nocc1CC(C)C3. The van der Waals surface area contributed by atoms with E-state index >= 15 is 0 Å². The molecule has 1 atom stereocenters. The van der Waals surface area contributed by atoms with Crippen molar-refractivity contribution in [1.82, 2.24) is 19.8 Å². The normalized spacial score (nSPS) is 20.5. The van der Waals surface area contributed by atoms with Gasteiger partial charge >= 0.3 is 0 Å². The fourth-order valence-corrected chi connectivity index (χ4v) is 3.42. The summed E-state index contributed by atoms with van der Waals surface area (Å²) >= 11 is 0. The number of carbonyl (C=O) groups is 1. The topological polar surface area (TPSA) is 64.2 Å².